The van der Waals surface area contributed by atoms with Crippen LogP contribution >= 0.6 is 0 Å². The number of hydrogen-bond acceptors (Lipinski definition) is 3. The molecule has 27 heavy (non-hydrogen) atoms. The summed E-state index contributed by atoms with van der Waals surface area (Å²) in [5.74, 6) is 1.15. The largest absolute Gasteiger partial charge is 0.309 e. The summed E-state index contributed by atoms with van der Waals surface area (Å²) in [6.07, 6.45) is 7.03. The number of benzene rings is 2. The Kier molecular flexibility index (Phi) is 4.97. The molecule has 4 heteroatoms. The zero-order valence-corrected chi connectivity index (χ0v) is 15.4. The molecule has 4 rings (SSSR count). The summed E-state index contributed by atoms with van der Waals surface area (Å²) in [5, 5.41) is 2.84. The summed E-state index contributed by atoms with van der Waals surface area (Å²) >= 11 is 0. The Hall–Kier alpha value is -3.01. The number of nitrogens with zero attached hydrogens (tertiary/aromatic N) is 2. The molecule has 1 N–H and O–H groups in total. The maximum Gasteiger partial charge on any atom is 0.225 e. The molecule has 1 aliphatic rings. The standard InChI is InChI=1S/C23H23N3O/c1-2-16-17-7-3-5-9-19(17)21(20-10-6-4-8-18(16)20)11-12-23(27)26-22-15-24-13-14-25-22/h3-10,13-16,21H,2,11-12H2,1H3,(H,25,26,27). The Morgan fingerprint density at radius 2 is 1.52 bits per heavy atom. The highest BCUT2D eigenvalue weighted by molar-refractivity contribution is 5.89. The van der Waals surface area contributed by atoms with Crippen molar-refractivity contribution in [2.75, 3.05) is 5.32 Å². The Labute approximate surface area is 159 Å². The van der Waals surface area contributed by atoms with E-state index < -0.39 is 0 Å². The molecule has 1 aliphatic carbocycles. The van der Waals surface area contributed by atoms with Crippen LogP contribution in [0.25, 0.3) is 0 Å². The van der Waals surface area contributed by atoms with Crippen molar-refractivity contribution in [2.45, 2.75) is 38.0 Å². The van der Waals surface area contributed by atoms with Gasteiger partial charge in [-0.05, 0) is 35.1 Å². The molecule has 1 aromatic heterocycles. The van der Waals surface area contributed by atoms with Crippen molar-refractivity contribution in [1.29, 1.82) is 0 Å². The predicted octanol–water partition coefficient (Wildman–Crippen LogP) is 4.88. The van der Waals surface area contributed by atoms with Crippen molar-refractivity contribution in [3.63, 3.8) is 0 Å². The molecule has 1 heterocycles. The van der Waals surface area contributed by atoms with E-state index in [9.17, 15) is 4.79 Å². The van der Waals surface area contributed by atoms with Gasteiger partial charge >= 0.3 is 0 Å². The molecule has 0 atom stereocenters. The minimum atomic E-state index is -0.0249. The average molecular weight is 357 g/mol. The number of carbonyl (C=O) groups is 1. The van der Waals surface area contributed by atoms with Gasteiger partial charge in [-0.1, -0.05) is 55.5 Å². The number of fused-ring (bicyclic) bond motifs is 2. The molecule has 0 bridgehead atoms. The van der Waals surface area contributed by atoms with Crippen LogP contribution in [0.15, 0.2) is 67.1 Å². The second-order valence-electron chi connectivity index (χ2n) is 6.95. The summed E-state index contributed by atoms with van der Waals surface area (Å²) < 4.78 is 0. The van der Waals surface area contributed by atoms with E-state index in [-0.39, 0.29) is 11.8 Å². The lowest BCUT2D eigenvalue weighted by Gasteiger charge is -2.34. The summed E-state index contributed by atoms with van der Waals surface area (Å²) in [4.78, 5) is 20.5. The Bertz CT molecular complexity index is 892. The van der Waals surface area contributed by atoms with Crippen LogP contribution in [0.4, 0.5) is 5.82 Å². The summed E-state index contributed by atoms with van der Waals surface area (Å²) in [6.45, 7) is 2.24. The van der Waals surface area contributed by atoms with E-state index in [0.717, 1.165) is 12.8 Å². The molecule has 0 radical (unpaired) electrons. The van der Waals surface area contributed by atoms with Gasteiger partial charge in [0.25, 0.3) is 0 Å². The maximum atomic E-state index is 12.4. The second-order valence-corrected chi connectivity index (χ2v) is 6.95. The van der Waals surface area contributed by atoms with Gasteiger partial charge in [0, 0.05) is 30.7 Å². The number of hydrogen-bond donors (Lipinski definition) is 1. The molecule has 136 valence electrons. The van der Waals surface area contributed by atoms with Crippen LogP contribution in [0.3, 0.4) is 0 Å². The second kappa shape index (κ2) is 7.70. The minimum absolute atomic E-state index is 0.0249. The Balaban J connectivity index is 1.58. The van der Waals surface area contributed by atoms with Crippen LogP contribution < -0.4 is 5.32 Å². The fraction of sp³-hybridized carbons (Fsp3) is 0.261. The van der Waals surface area contributed by atoms with Gasteiger partial charge in [0.2, 0.25) is 5.91 Å². The van der Waals surface area contributed by atoms with Gasteiger partial charge in [0.05, 0.1) is 6.20 Å². The van der Waals surface area contributed by atoms with Crippen LogP contribution in [0.1, 0.15) is 60.3 Å². The van der Waals surface area contributed by atoms with Crippen molar-refractivity contribution in [3.05, 3.63) is 89.4 Å². The van der Waals surface area contributed by atoms with Crippen LogP contribution in [0, 0.1) is 0 Å². The molecule has 0 aliphatic heterocycles. The number of aromatic nitrogens is 2. The third-order valence-electron chi connectivity index (χ3n) is 5.39. The lowest BCUT2D eigenvalue weighted by Crippen LogP contribution is -2.20. The first-order chi connectivity index (χ1) is 13.3. The first kappa shape index (κ1) is 17.4. The monoisotopic (exact) mass is 357 g/mol. The quantitative estimate of drug-likeness (QED) is 0.708. The van der Waals surface area contributed by atoms with E-state index in [4.69, 9.17) is 0 Å². The Morgan fingerprint density at radius 1 is 0.926 bits per heavy atom. The summed E-state index contributed by atoms with van der Waals surface area (Å²) in [7, 11) is 0. The zero-order chi connectivity index (χ0) is 18.6. The highest BCUT2D eigenvalue weighted by Crippen LogP contribution is 2.46. The third-order valence-corrected chi connectivity index (χ3v) is 5.39. The molecule has 1 amide bonds. The van der Waals surface area contributed by atoms with Crippen molar-refractivity contribution in [2.24, 2.45) is 0 Å². The van der Waals surface area contributed by atoms with E-state index in [1.54, 1.807) is 18.6 Å². The normalized spacial score (nSPS) is 17.7. The van der Waals surface area contributed by atoms with Gasteiger partial charge in [0.15, 0.2) is 5.82 Å². The highest BCUT2D eigenvalue weighted by Gasteiger charge is 2.30. The lowest BCUT2D eigenvalue weighted by molar-refractivity contribution is -0.116. The van der Waals surface area contributed by atoms with E-state index in [2.05, 4.69) is 70.7 Å². The van der Waals surface area contributed by atoms with Gasteiger partial charge < -0.3 is 5.32 Å². The maximum absolute atomic E-state index is 12.4. The number of carbonyl (C=O) groups excluding carboxylic acids is 1. The highest BCUT2D eigenvalue weighted by atomic mass is 16.1. The molecule has 0 unspecified atom stereocenters. The van der Waals surface area contributed by atoms with Crippen LogP contribution in [0.2, 0.25) is 0 Å². The van der Waals surface area contributed by atoms with E-state index in [0.29, 0.717) is 18.2 Å². The van der Waals surface area contributed by atoms with Crippen molar-refractivity contribution in [1.82, 2.24) is 9.97 Å². The van der Waals surface area contributed by atoms with Gasteiger partial charge in [-0.25, -0.2) is 4.98 Å². The number of amides is 1. The fourth-order valence-corrected chi connectivity index (χ4v) is 4.22. The van der Waals surface area contributed by atoms with Gasteiger partial charge in [0.1, 0.15) is 0 Å². The molecule has 0 spiro atoms. The van der Waals surface area contributed by atoms with Crippen molar-refractivity contribution in [3.8, 4) is 0 Å². The lowest BCUT2D eigenvalue weighted by atomic mass is 9.70. The van der Waals surface area contributed by atoms with Crippen LogP contribution in [-0.4, -0.2) is 15.9 Å². The predicted molar refractivity (Wildman–Crippen MR) is 107 cm³/mol. The van der Waals surface area contributed by atoms with Crippen molar-refractivity contribution >= 4 is 11.7 Å². The molecule has 4 nitrogen and oxygen atoms in total. The third kappa shape index (κ3) is 3.47. The van der Waals surface area contributed by atoms with Crippen LogP contribution in [-0.2, 0) is 4.79 Å². The number of nitrogens with one attached hydrogen (secondary N) is 1. The molecular weight excluding hydrogens is 334 g/mol. The molecule has 0 saturated carbocycles. The summed E-state index contributed by atoms with van der Waals surface area (Å²) in [6, 6.07) is 17.4. The zero-order valence-electron chi connectivity index (χ0n) is 15.4. The molecule has 0 fully saturated rings. The number of anilines is 1. The fourth-order valence-electron chi connectivity index (χ4n) is 4.22. The first-order valence-corrected chi connectivity index (χ1v) is 9.51. The SMILES string of the molecule is CCC1c2ccccc2C(CCC(=O)Nc2cnccn2)c2ccccc21. The van der Waals surface area contributed by atoms with E-state index in [1.807, 2.05) is 0 Å². The molecule has 2 aromatic carbocycles. The summed E-state index contributed by atoms with van der Waals surface area (Å²) in [5.41, 5.74) is 5.52. The smallest absolute Gasteiger partial charge is 0.225 e. The Morgan fingerprint density at radius 3 is 2.04 bits per heavy atom. The van der Waals surface area contributed by atoms with Gasteiger partial charge in [-0.15, -0.1) is 0 Å². The van der Waals surface area contributed by atoms with Crippen LogP contribution in [0.5, 0.6) is 0 Å². The molecule has 3 aromatic rings. The molecule has 0 saturated heterocycles. The van der Waals surface area contributed by atoms with E-state index in [1.165, 1.54) is 22.3 Å². The van der Waals surface area contributed by atoms with Gasteiger partial charge in [-0.2, -0.15) is 0 Å². The topological polar surface area (TPSA) is 54.9 Å². The minimum Gasteiger partial charge on any atom is -0.309 e. The van der Waals surface area contributed by atoms with E-state index >= 15 is 0 Å². The van der Waals surface area contributed by atoms with Gasteiger partial charge in [-0.3, -0.25) is 9.78 Å². The first-order valence-electron chi connectivity index (χ1n) is 9.51. The van der Waals surface area contributed by atoms with Crippen molar-refractivity contribution < 1.29 is 4.79 Å². The number of rotatable bonds is 5. The molecular formula is C23H23N3O. The average Bonchev–Trinajstić information content (AvgIpc) is 2.72.